The van der Waals surface area contributed by atoms with E-state index in [9.17, 15) is 14.7 Å². The molecule has 0 radical (unpaired) electrons. The fourth-order valence-electron chi connectivity index (χ4n) is 7.49. The Morgan fingerprint density at radius 2 is 1.96 bits per heavy atom. The predicted molar refractivity (Wildman–Crippen MR) is 99.3 cm³/mol. The molecule has 2 bridgehead atoms. The summed E-state index contributed by atoms with van der Waals surface area (Å²) in [7, 11) is 0. The van der Waals surface area contributed by atoms with Crippen LogP contribution in [0.15, 0.2) is 34.9 Å². The summed E-state index contributed by atoms with van der Waals surface area (Å²) in [5.74, 6) is 0.806. The summed E-state index contributed by atoms with van der Waals surface area (Å²) < 4.78 is 0. The second kappa shape index (κ2) is 5.07. The van der Waals surface area contributed by atoms with Gasteiger partial charge in [0.25, 0.3) is 0 Å². The highest BCUT2D eigenvalue weighted by Crippen LogP contribution is 2.77. The maximum Gasteiger partial charge on any atom is 0.171 e. The Labute approximate surface area is 155 Å². The Hall–Kier alpha value is -1.48. The van der Waals surface area contributed by atoms with Gasteiger partial charge in [-0.3, -0.25) is 9.59 Å². The van der Waals surface area contributed by atoms with Crippen LogP contribution in [0, 0.1) is 22.2 Å². The van der Waals surface area contributed by atoms with Crippen LogP contribution in [0.2, 0.25) is 0 Å². The molecule has 5 atom stereocenters. The molecule has 1 N–H and O–H groups in total. The minimum atomic E-state index is -0.893. The van der Waals surface area contributed by atoms with E-state index in [4.69, 9.17) is 0 Å². The third kappa shape index (κ3) is 1.69. The van der Waals surface area contributed by atoms with Gasteiger partial charge in [0.1, 0.15) is 6.10 Å². The largest absolute Gasteiger partial charge is 0.386 e. The third-order valence-electron chi connectivity index (χ3n) is 8.80. The quantitative estimate of drug-likeness (QED) is 0.762. The predicted octanol–water partition coefficient (Wildman–Crippen LogP) is 4.07. The van der Waals surface area contributed by atoms with Gasteiger partial charge in [-0.1, -0.05) is 24.6 Å². The Bertz CT molecular complexity index is 813. The standard InChI is InChI=1S/C23H28O3/c1-14(24)20(26)23-11-9-22(10-12-23)19-6-3-15-13-16(25)4-5-17(15)18(19)7-8-21(22,23)2/h9,11,13-14,19,24H,3-8,10,12H2,1-2H3/t14-,19-,21+,22?,23+/m1/s1. The number of aliphatic hydroxyl groups is 1. The lowest BCUT2D eigenvalue weighted by molar-refractivity contribution is -0.141. The van der Waals surface area contributed by atoms with Crippen LogP contribution >= 0.6 is 0 Å². The Balaban J connectivity index is 1.62. The second-order valence-corrected chi connectivity index (χ2v) is 9.45. The van der Waals surface area contributed by atoms with E-state index in [1.54, 1.807) is 12.5 Å². The van der Waals surface area contributed by atoms with Crippen molar-refractivity contribution in [1.82, 2.24) is 0 Å². The van der Waals surface area contributed by atoms with E-state index in [1.165, 1.54) is 11.1 Å². The average Bonchev–Trinajstić information content (AvgIpc) is 3.05. The molecular formula is C23H28O3. The zero-order valence-corrected chi connectivity index (χ0v) is 15.8. The van der Waals surface area contributed by atoms with Crippen molar-refractivity contribution in [3.05, 3.63) is 34.9 Å². The number of hydrogen-bond acceptors (Lipinski definition) is 3. The van der Waals surface area contributed by atoms with Crippen LogP contribution in [0.5, 0.6) is 0 Å². The summed E-state index contributed by atoms with van der Waals surface area (Å²) in [5, 5.41) is 10.1. The summed E-state index contributed by atoms with van der Waals surface area (Å²) >= 11 is 0. The number of fused-ring (bicyclic) bond motifs is 2. The maximum absolute atomic E-state index is 13.0. The number of hydrogen-bond donors (Lipinski definition) is 1. The van der Waals surface area contributed by atoms with Crippen molar-refractivity contribution in [1.29, 1.82) is 0 Å². The molecule has 5 aliphatic carbocycles. The molecule has 1 unspecified atom stereocenters. The topological polar surface area (TPSA) is 54.4 Å². The third-order valence-corrected chi connectivity index (χ3v) is 8.80. The van der Waals surface area contributed by atoms with E-state index in [0.717, 1.165) is 44.9 Å². The molecule has 2 saturated carbocycles. The van der Waals surface area contributed by atoms with E-state index in [1.807, 2.05) is 6.08 Å². The molecule has 0 spiro atoms. The zero-order chi connectivity index (χ0) is 18.3. The summed E-state index contributed by atoms with van der Waals surface area (Å²) in [6, 6.07) is 0. The van der Waals surface area contributed by atoms with E-state index in [0.29, 0.717) is 12.3 Å². The lowest BCUT2D eigenvalue weighted by Gasteiger charge is -2.55. The van der Waals surface area contributed by atoms with Gasteiger partial charge in [0.2, 0.25) is 0 Å². The summed E-state index contributed by atoms with van der Waals surface area (Å²) in [5.41, 5.74) is 3.85. The van der Waals surface area contributed by atoms with E-state index in [-0.39, 0.29) is 22.4 Å². The SMILES string of the molecule is C[C@@H](O)C(=O)[C@]12C=CC3(CC1)[C@@H]1CCC4=CC(=O)CCC4=C1CC[C@@]32C. The second-order valence-electron chi connectivity index (χ2n) is 9.45. The van der Waals surface area contributed by atoms with Crippen LogP contribution in [-0.4, -0.2) is 22.8 Å². The van der Waals surface area contributed by atoms with Gasteiger partial charge < -0.3 is 5.11 Å². The van der Waals surface area contributed by atoms with Crippen molar-refractivity contribution in [2.45, 2.75) is 71.3 Å². The first-order chi connectivity index (χ1) is 12.3. The number of rotatable bonds is 2. The van der Waals surface area contributed by atoms with Crippen molar-refractivity contribution in [2.75, 3.05) is 0 Å². The van der Waals surface area contributed by atoms with Crippen LogP contribution in [0.3, 0.4) is 0 Å². The van der Waals surface area contributed by atoms with E-state index >= 15 is 0 Å². The molecule has 3 nitrogen and oxygen atoms in total. The average molecular weight is 352 g/mol. The smallest absolute Gasteiger partial charge is 0.171 e. The molecule has 138 valence electrons. The first kappa shape index (κ1) is 16.7. The number of aliphatic hydroxyl groups excluding tert-OH is 1. The minimum absolute atomic E-state index is 0.0198. The van der Waals surface area contributed by atoms with E-state index < -0.39 is 11.5 Å². The molecule has 5 aliphatic rings. The van der Waals surface area contributed by atoms with Gasteiger partial charge >= 0.3 is 0 Å². The lowest BCUT2D eigenvalue weighted by atomic mass is 9.47. The molecular weight excluding hydrogens is 324 g/mol. The maximum atomic E-state index is 13.0. The normalized spacial score (nSPS) is 44.3. The summed E-state index contributed by atoms with van der Waals surface area (Å²) in [6.45, 7) is 3.94. The Kier molecular flexibility index (Phi) is 3.25. The molecule has 26 heavy (non-hydrogen) atoms. The van der Waals surface area contributed by atoms with Gasteiger partial charge in [-0.05, 0) is 80.4 Å². The number of allylic oxidation sites excluding steroid dienone is 6. The van der Waals surface area contributed by atoms with Crippen molar-refractivity contribution < 1.29 is 14.7 Å². The molecule has 0 aromatic heterocycles. The number of carbonyl (C=O) groups excluding carboxylic acids is 2. The van der Waals surface area contributed by atoms with Gasteiger partial charge in [0.05, 0.1) is 5.41 Å². The van der Waals surface area contributed by atoms with E-state index in [2.05, 4.69) is 19.1 Å². The number of ketones is 2. The molecule has 0 aliphatic heterocycles. The Morgan fingerprint density at radius 1 is 1.15 bits per heavy atom. The lowest BCUT2D eigenvalue weighted by Crippen LogP contribution is -2.52. The molecule has 5 rings (SSSR count). The van der Waals surface area contributed by atoms with Crippen molar-refractivity contribution in [2.24, 2.45) is 22.2 Å². The van der Waals surface area contributed by atoms with Gasteiger partial charge in [0, 0.05) is 11.8 Å². The van der Waals surface area contributed by atoms with Crippen molar-refractivity contribution in [3.8, 4) is 0 Å². The van der Waals surface area contributed by atoms with Crippen LogP contribution in [0.4, 0.5) is 0 Å². The van der Waals surface area contributed by atoms with Gasteiger partial charge in [-0.2, -0.15) is 0 Å². The van der Waals surface area contributed by atoms with Gasteiger partial charge in [-0.15, -0.1) is 0 Å². The van der Waals surface area contributed by atoms with Gasteiger partial charge in [-0.25, -0.2) is 0 Å². The fourth-order valence-corrected chi connectivity index (χ4v) is 7.49. The number of Topliss-reactive ketones (excluding diaryl/α,β-unsaturated/α-hetero) is 1. The summed E-state index contributed by atoms with van der Waals surface area (Å²) in [4.78, 5) is 24.9. The van der Waals surface area contributed by atoms with Crippen LogP contribution in [0.25, 0.3) is 0 Å². The fraction of sp³-hybridized carbons (Fsp3) is 0.652. The van der Waals surface area contributed by atoms with Gasteiger partial charge in [0.15, 0.2) is 11.6 Å². The molecule has 3 heteroatoms. The van der Waals surface area contributed by atoms with Crippen molar-refractivity contribution >= 4 is 11.6 Å². The number of carbonyl (C=O) groups is 2. The molecule has 2 fully saturated rings. The monoisotopic (exact) mass is 352 g/mol. The molecule has 0 heterocycles. The summed E-state index contributed by atoms with van der Waals surface area (Å²) in [6.07, 6.45) is 13.2. The first-order valence-electron chi connectivity index (χ1n) is 10.2. The first-order valence-corrected chi connectivity index (χ1v) is 10.2. The van der Waals surface area contributed by atoms with Crippen molar-refractivity contribution in [3.63, 3.8) is 0 Å². The highest BCUT2D eigenvalue weighted by molar-refractivity contribution is 5.94. The highest BCUT2D eigenvalue weighted by Gasteiger charge is 2.72. The highest BCUT2D eigenvalue weighted by atomic mass is 16.3. The minimum Gasteiger partial charge on any atom is -0.386 e. The van der Waals surface area contributed by atoms with Crippen LogP contribution in [-0.2, 0) is 9.59 Å². The molecule has 0 amide bonds. The molecule has 0 aromatic carbocycles. The van der Waals surface area contributed by atoms with Crippen LogP contribution < -0.4 is 0 Å². The zero-order valence-electron chi connectivity index (χ0n) is 15.8. The Morgan fingerprint density at radius 3 is 2.65 bits per heavy atom. The van der Waals surface area contributed by atoms with Crippen LogP contribution in [0.1, 0.15) is 65.2 Å². The molecule has 0 aromatic rings. The molecule has 0 saturated heterocycles.